The van der Waals surface area contributed by atoms with Crippen molar-refractivity contribution in [2.75, 3.05) is 13.2 Å². The Morgan fingerprint density at radius 2 is 2.50 bits per heavy atom. The van der Waals surface area contributed by atoms with Crippen molar-refractivity contribution in [1.82, 2.24) is 0 Å². The minimum atomic E-state index is 0.111. The third-order valence-corrected chi connectivity index (χ3v) is 0.863. The molecule has 1 saturated heterocycles. The van der Waals surface area contributed by atoms with E-state index in [0.717, 1.165) is 19.1 Å². The van der Waals surface area contributed by atoms with Crippen LogP contribution in [0, 0.1) is 6.10 Å². The van der Waals surface area contributed by atoms with Gasteiger partial charge in [-0.1, -0.05) is 0 Å². The second kappa shape index (κ2) is 1.58. The van der Waals surface area contributed by atoms with E-state index in [4.69, 9.17) is 9.84 Å². The molecule has 0 aromatic rings. The predicted molar refractivity (Wildman–Crippen MR) is 20.9 cm³/mol. The topological polar surface area (TPSA) is 29.5 Å². The minimum Gasteiger partial charge on any atom is -0.393 e. The van der Waals surface area contributed by atoms with Gasteiger partial charge in [-0.3, -0.25) is 0 Å². The lowest BCUT2D eigenvalue weighted by atomic mass is 10.2. The van der Waals surface area contributed by atoms with E-state index in [1.807, 2.05) is 0 Å². The molecule has 6 heavy (non-hydrogen) atoms. The van der Waals surface area contributed by atoms with Crippen molar-refractivity contribution >= 4 is 0 Å². The van der Waals surface area contributed by atoms with Gasteiger partial charge in [0.25, 0.3) is 0 Å². The summed E-state index contributed by atoms with van der Waals surface area (Å²) in [4.78, 5) is 0. The van der Waals surface area contributed by atoms with Crippen molar-refractivity contribution in [3.05, 3.63) is 6.10 Å². The largest absolute Gasteiger partial charge is 0.393 e. The van der Waals surface area contributed by atoms with E-state index < -0.39 is 0 Å². The molecule has 0 atom stereocenters. The quantitative estimate of drug-likeness (QED) is 0.485. The molecule has 0 aromatic carbocycles. The minimum absolute atomic E-state index is 0.111. The summed E-state index contributed by atoms with van der Waals surface area (Å²) in [5, 5.41) is 8.22. The number of aliphatic hydroxyl groups excluding tert-OH is 1. The van der Waals surface area contributed by atoms with Gasteiger partial charge in [-0.2, -0.15) is 0 Å². The lowest BCUT2D eigenvalue weighted by molar-refractivity contribution is 0.00874. The van der Waals surface area contributed by atoms with Crippen LogP contribution in [0.25, 0.3) is 0 Å². The fourth-order valence-electron chi connectivity index (χ4n) is 0.371. The highest BCUT2D eigenvalue weighted by atomic mass is 16.5. The molecule has 2 nitrogen and oxygen atoms in total. The Morgan fingerprint density at radius 3 is 2.50 bits per heavy atom. The molecule has 1 aliphatic heterocycles. The molecule has 0 amide bonds. The van der Waals surface area contributed by atoms with Gasteiger partial charge in [0.15, 0.2) is 0 Å². The first-order chi connectivity index (χ1) is 2.93. The molecule has 0 unspecified atom stereocenters. The van der Waals surface area contributed by atoms with E-state index in [2.05, 4.69) is 0 Å². The summed E-state index contributed by atoms with van der Waals surface area (Å²) >= 11 is 0. The van der Waals surface area contributed by atoms with Gasteiger partial charge in [0, 0.05) is 6.42 Å². The van der Waals surface area contributed by atoms with Crippen molar-refractivity contribution in [2.24, 2.45) is 0 Å². The van der Waals surface area contributed by atoms with Crippen molar-refractivity contribution in [1.29, 1.82) is 0 Å². The number of hydrogen-bond donors (Lipinski definition) is 1. The normalized spacial score (nSPS) is 23.5. The van der Waals surface area contributed by atoms with Crippen molar-refractivity contribution < 1.29 is 9.84 Å². The molecule has 0 bridgehead atoms. The monoisotopic (exact) mass is 87.0 g/mol. The molecular weight excluding hydrogens is 80.0 g/mol. The van der Waals surface area contributed by atoms with E-state index in [9.17, 15) is 0 Å². The predicted octanol–water partition coefficient (Wildman–Crippen LogP) is -0.0690. The van der Waals surface area contributed by atoms with Crippen LogP contribution in [0.4, 0.5) is 0 Å². The second-order valence-corrected chi connectivity index (χ2v) is 1.30. The fourth-order valence-corrected chi connectivity index (χ4v) is 0.371. The summed E-state index contributed by atoms with van der Waals surface area (Å²) in [6.07, 6.45) is 1.78. The summed E-state index contributed by atoms with van der Waals surface area (Å²) in [7, 11) is 0. The van der Waals surface area contributed by atoms with E-state index >= 15 is 0 Å². The van der Waals surface area contributed by atoms with E-state index in [-0.39, 0.29) is 6.61 Å². The van der Waals surface area contributed by atoms with Gasteiger partial charge in [-0.05, 0) is 0 Å². The molecule has 2 heteroatoms. The Kier molecular flexibility index (Phi) is 1.08. The molecule has 0 aliphatic carbocycles. The zero-order chi connectivity index (χ0) is 4.41. The fraction of sp³-hybridized carbons (Fsp3) is 0.750. The smallest absolute Gasteiger partial charge is 0.124 e. The van der Waals surface area contributed by atoms with Crippen LogP contribution in [0.3, 0.4) is 0 Å². The summed E-state index contributed by atoms with van der Waals surface area (Å²) < 4.78 is 4.75. The highest BCUT2D eigenvalue weighted by Crippen LogP contribution is 2.16. The van der Waals surface area contributed by atoms with Gasteiger partial charge < -0.3 is 9.84 Å². The molecule has 1 N–H and O–H groups in total. The van der Waals surface area contributed by atoms with E-state index in [1.54, 1.807) is 0 Å². The summed E-state index contributed by atoms with van der Waals surface area (Å²) in [5.74, 6) is 0. The van der Waals surface area contributed by atoms with Crippen molar-refractivity contribution in [2.45, 2.75) is 6.42 Å². The SMILES string of the molecule is OC[C]1CCO1. The van der Waals surface area contributed by atoms with Crippen LogP contribution in [-0.2, 0) is 4.74 Å². The standard InChI is InChI=1S/C4H7O2/c5-3-4-1-2-6-4/h5H,1-3H2. The lowest BCUT2D eigenvalue weighted by Gasteiger charge is -2.21. The lowest BCUT2D eigenvalue weighted by Crippen LogP contribution is -2.21. The Hall–Kier alpha value is -0.0800. The van der Waals surface area contributed by atoms with Crippen molar-refractivity contribution in [3.63, 3.8) is 0 Å². The Labute approximate surface area is 36.7 Å². The highest BCUT2D eigenvalue weighted by molar-refractivity contribution is 4.84. The Bertz CT molecular complexity index is 38.1. The second-order valence-electron chi connectivity index (χ2n) is 1.30. The Morgan fingerprint density at radius 1 is 1.83 bits per heavy atom. The third kappa shape index (κ3) is 0.533. The maximum atomic E-state index is 8.22. The van der Waals surface area contributed by atoms with E-state index in [1.165, 1.54) is 0 Å². The van der Waals surface area contributed by atoms with Gasteiger partial charge in [-0.25, -0.2) is 0 Å². The van der Waals surface area contributed by atoms with Crippen LogP contribution < -0.4 is 0 Å². The van der Waals surface area contributed by atoms with Crippen LogP contribution in [0.15, 0.2) is 0 Å². The first-order valence-electron chi connectivity index (χ1n) is 2.02. The molecule has 1 radical (unpaired) electrons. The summed E-state index contributed by atoms with van der Waals surface area (Å²) in [6.45, 7) is 0.913. The Balaban J connectivity index is 2.01. The zero-order valence-corrected chi connectivity index (χ0v) is 3.48. The van der Waals surface area contributed by atoms with Gasteiger partial charge in [0.1, 0.15) is 6.10 Å². The first kappa shape index (κ1) is 4.09. The van der Waals surface area contributed by atoms with Crippen LogP contribution in [0.5, 0.6) is 0 Å². The zero-order valence-electron chi connectivity index (χ0n) is 3.48. The first-order valence-corrected chi connectivity index (χ1v) is 2.02. The van der Waals surface area contributed by atoms with Crippen molar-refractivity contribution in [3.8, 4) is 0 Å². The third-order valence-electron chi connectivity index (χ3n) is 0.863. The van der Waals surface area contributed by atoms with Crippen LogP contribution in [0.2, 0.25) is 0 Å². The van der Waals surface area contributed by atoms with E-state index in [0.29, 0.717) is 0 Å². The molecule has 0 aromatic heterocycles. The average molecular weight is 87.1 g/mol. The maximum absolute atomic E-state index is 8.22. The maximum Gasteiger partial charge on any atom is 0.124 e. The van der Waals surface area contributed by atoms with Gasteiger partial charge >= 0.3 is 0 Å². The molecule has 1 aliphatic rings. The number of rotatable bonds is 1. The molecule has 1 fully saturated rings. The molecule has 1 heterocycles. The molecule has 0 spiro atoms. The number of hydrogen-bond acceptors (Lipinski definition) is 2. The van der Waals surface area contributed by atoms with Crippen LogP contribution in [-0.4, -0.2) is 18.3 Å². The highest BCUT2D eigenvalue weighted by Gasteiger charge is 2.16. The van der Waals surface area contributed by atoms with Crippen LogP contribution in [0.1, 0.15) is 6.42 Å². The van der Waals surface area contributed by atoms with Gasteiger partial charge in [0.2, 0.25) is 0 Å². The van der Waals surface area contributed by atoms with Gasteiger partial charge in [-0.15, -0.1) is 0 Å². The van der Waals surface area contributed by atoms with Gasteiger partial charge in [0.05, 0.1) is 13.2 Å². The summed E-state index contributed by atoms with van der Waals surface area (Å²) in [6, 6.07) is 0. The molecule has 35 valence electrons. The summed E-state index contributed by atoms with van der Waals surface area (Å²) in [5.41, 5.74) is 0. The van der Waals surface area contributed by atoms with Crippen LogP contribution >= 0.6 is 0 Å². The molecular formula is C4H7O2. The molecule has 0 saturated carbocycles. The average Bonchev–Trinajstić information content (AvgIpc) is 1.31. The molecule has 1 rings (SSSR count). The number of aliphatic hydroxyl groups is 1. The number of ether oxygens (including phenoxy) is 1.